The number of carboxylic acid groups (broad SMARTS) is 1. The fourth-order valence-corrected chi connectivity index (χ4v) is 3.03. The maximum atomic E-state index is 10.7. The van der Waals surface area contributed by atoms with Gasteiger partial charge in [0.15, 0.2) is 0 Å². The zero-order valence-electron chi connectivity index (χ0n) is 12.8. The number of hydrogen-bond acceptors (Lipinski definition) is 3. The number of aromatic nitrogens is 2. The van der Waals surface area contributed by atoms with Gasteiger partial charge in [-0.3, -0.25) is 14.4 Å². The van der Waals surface area contributed by atoms with Crippen LogP contribution in [0.1, 0.15) is 31.4 Å². The van der Waals surface area contributed by atoms with Crippen molar-refractivity contribution in [2.75, 3.05) is 13.1 Å². The summed E-state index contributed by atoms with van der Waals surface area (Å²) in [7, 11) is 0. The zero-order chi connectivity index (χ0) is 15.5. The smallest absolute Gasteiger partial charge is 0.325 e. The molecule has 0 radical (unpaired) electrons. The third-order valence-corrected chi connectivity index (χ3v) is 4.35. The number of aliphatic carboxylic acids is 1. The lowest BCUT2D eigenvalue weighted by molar-refractivity contribution is -0.137. The summed E-state index contributed by atoms with van der Waals surface area (Å²) in [5.41, 5.74) is 3.33. The van der Waals surface area contributed by atoms with Crippen molar-refractivity contribution >= 4 is 5.97 Å². The predicted octanol–water partition coefficient (Wildman–Crippen LogP) is 2.79. The summed E-state index contributed by atoms with van der Waals surface area (Å²) >= 11 is 0. The van der Waals surface area contributed by atoms with Crippen molar-refractivity contribution in [1.82, 2.24) is 14.7 Å². The highest BCUT2D eigenvalue weighted by atomic mass is 16.4. The van der Waals surface area contributed by atoms with Crippen molar-refractivity contribution < 1.29 is 9.90 Å². The molecule has 0 bridgehead atoms. The Bertz CT molecular complexity index is 642. The van der Waals surface area contributed by atoms with Gasteiger partial charge in [-0.25, -0.2) is 0 Å². The van der Waals surface area contributed by atoms with Crippen LogP contribution in [0.4, 0.5) is 0 Å². The fraction of sp³-hybridized carbons (Fsp3) is 0.412. The van der Waals surface area contributed by atoms with Crippen LogP contribution < -0.4 is 0 Å². The number of carbonyl (C=O) groups is 1. The van der Waals surface area contributed by atoms with Gasteiger partial charge in [0, 0.05) is 17.8 Å². The summed E-state index contributed by atoms with van der Waals surface area (Å²) in [5.74, 6) is -0.885. The first-order valence-electron chi connectivity index (χ1n) is 7.72. The molecule has 0 amide bonds. The molecule has 1 N–H and O–H groups in total. The lowest BCUT2D eigenvalue weighted by Gasteiger charge is -2.24. The van der Waals surface area contributed by atoms with E-state index in [-0.39, 0.29) is 6.54 Å². The molecule has 2 aromatic rings. The number of likely N-dealkylation sites (tertiary alicyclic amines) is 1. The molecule has 3 rings (SSSR count). The second-order valence-electron chi connectivity index (χ2n) is 5.86. The topological polar surface area (TPSA) is 58.4 Å². The Morgan fingerprint density at radius 1 is 1.23 bits per heavy atom. The van der Waals surface area contributed by atoms with Crippen LogP contribution >= 0.6 is 0 Å². The van der Waals surface area contributed by atoms with Crippen LogP contribution in [0.2, 0.25) is 0 Å². The first kappa shape index (κ1) is 14.8. The summed E-state index contributed by atoms with van der Waals surface area (Å²) in [6.45, 7) is 4.52. The Morgan fingerprint density at radius 3 is 2.55 bits per heavy atom. The van der Waals surface area contributed by atoms with Crippen LogP contribution in [0, 0.1) is 0 Å². The van der Waals surface area contributed by atoms with Crippen molar-refractivity contribution in [1.29, 1.82) is 0 Å². The molecular weight excluding hydrogens is 278 g/mol. The van der Waals surface area contributed by atoms with Crippen LogP contribution in [0.25, 0.3) is 11.1 Å². The normalized spacial score (nSPS) is 16.8. The van der Waals surface area contributed by atoms with Crippen molar-refractivity contribution in [2.45, 2.75) is 32.4 Å². The molecule has 1 aliphatic rings. The van der Waals surface area contributed by atoms with E-state index in [0.717, 1.165) is 11.1 Å². The van der Waals surface area contributed by atoms with E-state index in [1.165, 1.54) is 36.2 Å². The standard InChI is InChI=1S/C17H21N3O2/c1-13(19-8-2-3-9-19)14-4-6-15(7-5-14)16-10-18-20(11-16)12-17(21)22/h4-7,10-11,13H,2-3,8-9,12H2,1H3,(H,21,22)/t13-/m0/s1. The molecule has 0 spiro atoms. The van der Waals surface area contributed by atoms with Gasteiger partial charge in [-0.15, -0.1) is 0 Å². The lowest BCUT2D eigenvalue weighted by atomic mass is 10.0. The monoisotopic (exact) mass is 299 g/mol. The highest BCUT2D eigenvalue weighted by Crippen LogP contribution is 2.27. The summed E-state index contributed by atoms with van der Waals surface area (Å²) in [5, 5.41) is 12.9. The predicted molar refractivity (Wildman–Crippen MR) is 84.5 cm³/mol. The second kappa shape index (κ2) is 6.32. The van der Waals surface area contributed by atoms with Gasteiger partial charge < -0.3 is 5.11 Å². The van der Waals surface area contributed by atoms with E-state index in [9.17, 15) is 4.79 Å². The van der Waals surface area contributed by atoms with Gasteiger partial charge in [-0.2, -0.15) is 5.10 Å². The molecular formula is C17H21N3O2. The molecule has 1 aromatic heterocycles. The SMILES string of the molecule is C[C@@H](c1ccc(-c2cnn(CC(=O)O)c2)cc1)N1CCCC1. The van der Waals surface area contributed by atoms with Gasteiger partial charge in [0.25, 0.3) is 0 Å². The van der Waals surface area contributed by atoms with Gasteiger partial charge in [-0.1, -0.05) is 24.3 Å². The van der Waals surface area contributed by atoms with E-state index in [1.54, 1.807) is 12.4 Å². The summed E-state index contributed by atoms with van der Waals surface area (Å²) in [4.78, 5) is 13.2. The van der Waals surface area contributed by atoms with Crippen LogP contribution in [0.15, 0.2) is 36.7 Å². The van der Waals surface area contributed by atoms with E-state index in [2.05, 4.69) is 41.2 Å². The number of carboxylic acids is 1. The van der Waals surface area contributed by atoms with Gasteiger partial charge >= 0.3 is 5.97 Å². The quantitative estimate of drug-likeness (QED) is 0.922. The average Bonchev–Trinajstić information content (AvgIpc) is 3.17. The van der Waals surface area contributed by atoms with Crippen molar-refractivity contribution in [3.05, 3.63) is 42.2 Å². The molecule has 0 saturated carbocycles. The Kier molecular flexibility index (Phi) is 4.24. The maximum Gasteiger partial charge on any atom is 0.325 e. The number of benzene rings is 1. The fourth-order valence-electron chi connectivity index (χ4n) is 3.03. The second-order valence-corrected chi connectivity index (χ2v) is 5.86. The van der Waals surface area contributed by atoms with Crippen LogP contribution in [0.3, 0.4) is 0 Å². The van der Waals surface area contributed by atoms with Gasteiger partial charge in [0.1, 0.15) is 6.54 Å². The van der Waals surface area contributed by atoms with E-state index in [0.29, 0.717) is 6.04 Å². The molecule has 22 heavy (non-hydrogen) atoms. The first-order valence-corrected chi connectivity index (χ1v) is 7.72. The minimum absolute atomic E-state index is 0.107. The van der Waals surface area contributed by atoms with Crippen molar-refractivity contribution in [2.24, 2.45) is 0 Å². The minimum Gasteiger partial charge on any atom is -0.480 e. The number of nitrogens with zero attached hydrogens (tertiary/aromatic N) is 3. The number of hydrogen-bond donors (Lipinski definition) is 1. The zero-order valence-corrected chi connectivity index (χ0v) is 12.8. The summed E-state index contributed by atoms with van der Waals surface area (Å²) < 4.78 is 1.44. The van der Waals surface area contributed by atoms with E-state index >= 15 is 0 Å². The van der Waals surface area contributed by atoms with E-state index in [1.807, 2.05) is 0 Å². The van der Waals surface area contributed by atoms with Gasteiger partial charge in [-0.05, 0) is 44.0 Å². The molecule has 1 atom stereocenters. The van der Waals surface area contributed by atoms with Gasteiger partial charge in [0.2, 0.25) is 0 Å². The molecule has 116 valence electrons. The van der Waals surface area contributed by atoms with E-state index in [4.69, 9.17) is 5.11 Å². The Balaban J connectivity index is 1.73. The molecule has 5 heteroatoms. The molecule has 1 aliphatic heterocycles. The summed E-state index contributed by atoms with van der Waals surface area (Å²) in [6.07, 6.45) is 6.07. The Morgan fingerprint density at radius 2 is 1.91 bits per heavy atom. The van der Waals surface area contributed by atoms with Gasteiger partial charge in [0.05, 0.1) is 6.20 Å². The summed E-state index contributed by atoms with van der Waals surface area (Å²) in [6, 6.07) is 8.94. The Labute approximate surface area is 130 Å². The van der Waals surface area contributed by atoms with Crippen molar-refractivity contribution in [3.8, 4) is 11.1 Å². The average molecular weight is 299 g/mol. The van der Waals surface area contributed by atoms with Crippen LogP contribution in [0.5, 0.6) is 0 Å². The molecule has 0 unspecified atom stereocenters. The van der Waals surface area contributed by atoms with Crippen molar-refractivity contribution in [3.63, 3.8) is 0 Å². The molecule has 5 nitrogen and oxygen atoms in total. The Hall–Kier alpha value is -2.14. The van der Waals surface area contributed by atoms with E-state index < -0.39 is 5.97 Å². The largest absolute Gasteiger partial charge is 0.480 e. The third kappa shape index (κ3) is 3.20. The minimum atomic E-state index is -0.885. The molecule has 0 aliphatic carbocycles. The molecule has 1 aromatic carbocycles. The van der Waals surface area contributed by atoms with Crippen LogP contribution in [-0.4, -0.2) is 38.8 Å². The molecule has 1 saturated heterocycles. The number of rotatable bonds is 5. The highest BCUT2D eigenvalue weighted by molar-refractivity contribution is 5.67. The third-order valence-electron chi connectivity index (χ3n) is 4.35. The lowest BCUT2D eigenvalue weighted by Crippen LogP contribution is -2.23. The molecule has 1 fully saturated rings. The maximum absolute atomic E-state index is 10.7. The molecule has 2 heterocycles. The first-order chi connectivity index (χ1) is 10.6. The highest BCUT2D eigenvalue weighted by Gasteiger charge is 2.19. The van der Waals surface area contributed by atoms with Crippen LogP contribution in [-0.2, 0) is 11.3 Å².